The second kappa shape index (κ2) is 6.26. The summed E-state index contributed by atoms with van der Waals surface area (Å²) in [5.74, 6) is 1.07. The number of benzene rings is 1. The van der Waals surface area contributed by atoms with Gasteiger partial charge in [0.15, 0.2) is 5.78 Å². The van der Waals surface area contributed by atoms with Gasteiger partial charge in [0.25, 0.3) is 0 Å². The second-order valence-electron chi connectivity index (χ2n) is 4.59. The van der Waals surface area contributed by atoms with Gasteiger partial charge in [-0.3, -0.25) is 4.79 Å². The lowest BCUT2D eigenvalue weighted by atomic mass is 9.90. The van der Waals surface area contributed by atoms with E-state index >= 15 is 0 Å². The number of halogens is 1. The van der Waals surface area contributed by atoms with Gasteiger partial charge in [-0.05, 0) is 25.5 Å². The summed E-state index contributed by atoms with van der Waals surface area (Å²) in [6, 6.07) is 3.29. The van der Waals surface area contributed by atoms with Crippen LogP contribution in [0, 0.1) is 5.92 Å². The summed E-state index contributed by atoms with van der Waals surface area (Å²) >= 11 is 6.04. The minimum atomic E-state index is -0.00599. The Kier molecular flexibility index (Phi) is 4.66. The van der Waals surface area contributed by atoms with Crippen LogP contribution in [0.1, 0.15) is 23.2 Å². The summed E-state index contributed by atoms with van der Waals surface area (Å²) in [5.41, 5.74) is 0.539. The van der Waals surface area contributed by atoms with Crippen LogP contribution in [-0.2, 0) is 0 Å². The van der Waals surface area contributed by atoms with Crippen molar-refractivity contribution in [2.45, 2.75) is 12.8 Å². The van der Waals surface area contributed by atoms with Crippen molar-refractivity contribution in [1.82, 2.24) is 5.32 Å². The summed E-state index contributed by atoms with van der Waals surface area (Å²) in [6.07, 6.45) is 1.92. The largest absolute Gasteiger partial charge is 0.496 e. The van der Waals surface area contributed by atoms with Crippen LogP contribution in [0.25, 0.3) is 0 Å². The Labute approximate surface area is 118 Å². The van der Waals surface area contributed by atoms with E-state index in [0.717, 1.165) is 19.4 Å². The van der Waals surface area contributed by atoms with Crippen molar-refractivity contribution in [3.05, 3.63) is 22.7 Å². The third-order valence-corrected chi connectivity index (χ3v) is 3.70. The van der Waals surface area contributed by atoms with E-state index < -0.39 is 0 Å². The zero-order chi connectivity index (χ0) is 13.8. The zero-order valence-corrected chi connectivity index (χ0v) is 11.9. The molecular formula is C14H18ClNO3. The second-order valence-corrected chi connectivity index (χ2v) is 5.00. The number of rotatable bonds is 4. The van der Waals surface area contributed by atoms with E-state index in [2.05, 4.69) is 5.32 Å². The molecule has 1 atom stereocenters. The van der Waals surface area contributed by atoms with Crippen LogP contribution in [-0.4, -0.2) is 33.1 Å². The van der Waals surface area contributed by atoms with Crippen LogP contribution < -0.4 is 14.8 Å². The molecule has 104 valence electrons. The molecule has 0 saturated carbocycles. The molecule has 1 aromatic carbocycles. The fourth-order valence-corrected chi connectivity index (χ4v) is 2.58. The van der Waals surface area contributed by atoms with Crippen molar-refractivity contribution in [2.24, 2.45) is 5.92 Å². The summed E-state index contributed by atoms with van der Waals surface area (Å²) in [6.45, 7) is 1.69. The summed E-state index contributed by atoms with van der Waals surface area (Å²) in [5, 5.41) is 3.69. The molecule has 0 spiro atoms. The molecule has 2 rings (SSSR count). The van der Waals surface area contributed by atoms with Crippen molar-refractivity contribution < 1.29 is 14.3 Å². The number of Topliss-reactive ketones (excluding diaryl/α,β-unsaturated/α-hetero) is 1. The normalized spacial score (nSPS) is 19.0. The van der Waals surface area contributed by atoms with Crippen molar-refractivity contribution in [3.63, 3.8) is 0 Å². The third-order valence-electron chi connectivity index (χ3n) is 3.41. The van der Waals surface area contributed by atoms with Gasteiger partial charge >= 0.3 is 0 Å². The van der Waals surface area contributed by atoms with E-state index in [1.165, 1.54) is 14.2 Å². The molecule has 0 radical (unpaired) electrons. The van der Waals surface area contributed by atoms with Crippen molar-refractivity contribution in [1.29, 1.82) is 0 Å². The highest BCUT2D eigenvalue weighted by atomic mass is 35.5. The topological polar surface area (TPSA) is 47.6 Å². The highest BCUT2D eigenvalue weighted by Gasteiger charge is 2.25. The first-order chi connectivity index (χ1) is 9.17. The average molecular weight is 284 g/mol. The predicted molar refractivity (Wildman–Crippen MR) is 74.5 cm³/mol. The molecule has 1 saturated heterocycles. The Morgan fingerprint density at radius 1 is 1.32 bits per heavy atom. The third kappa shape index (κ3) is 3.01. The van der Waals surface area contributed by atoms with Crippen molar-refractivity contribution in [2.75, 3.05) is 27.3 Å². The van der Waals surface area contributed by atoms with Crippen LogP contribution in [0.15, 0.2) is 12.1 Å². The fraction of sp³-hybridized carbons (Fsp3) is 0.500. The number of piperidine rings is 1. The highest BCUT2D eigenvalue weighted by molar-refractivity contribution is 6.32. The Bertz CT molecular complexity index is 470. The predicted octanol–water partition coefficient (Wildman–Crippen LogP) is 2.54. The van der Waals surface area contributed by atoms with Gasteiger partial charge < -0.3 is 14.8 Å². The molecular weight excluding hydrogens is 266 g/mol. The number of hydrogen-bond donors (Lipinski definition) is 1. The number of carbonyl (C=O) groups is 1. The zero-order valence-electron chi connectivity index (χ0n) is 11.2. The summed E-state index contributed by atoms with van der Waals surface area (Å²) in [7, 11) is 3.07. The van der Waals surface area contributed by atoms with Gasteiger partial charge in [-0.15, -0.1) is 0 Å². The van der Waals surface area contributed by atoms with Gasteiger partial charge in [0.1, 0.15) is 11.5 Å². The monoisotopic (exact) mass is 283 g/mol. The van der Waals surface area contributed by atoms with E-state index in [9.17, 15) is 4.79 Å². The molecule has 1 aromatic rings. The van der Waals surface area contributed by atoms with E-state index in [0.29, 0.717) is 28.6 Å². The first-order valence-electron chi connectivity index (χ1n) is 6.33. The van der Waals surface area contributed by atoms with Gasteiger partial charge in [0, 0.05) is 18.5 Å². The minimum Gasteiger partial charge on any atom is -0.496 e. The maximum absolute atomic E-state index is 12.5. The van der Waals surface area contributed by atoms with E-state index in [4.69, 9.17) is 21.1 Å². The molecule has 1 aliphatic heterocycles. The number of hydrogen-bond acceptors (Lipinski definition) is 4. The van der Waals surface area contributed by atoms with Crippen molar-refractivity contribution in [3.8, 4) is 11.5 Å². The molecule has 1 unspecified atom stereocenters. The SMILES string of the molecule is COc1cc(C(=O)C2CCCNC2)c(OC)cc1Cl. The van der Waals surface area contributed by atoms with Gasteiger partial charge in [-0.1, -0.05) is 11.6 Å². The standard InChI is InChI=1S/C14H18ClNO3/c1-18-12-7-11(15)13(19-2)6-10(12)14(17)9-4-3-5-16-8-9/h6-7,9,16H,3-5,8H2,1-2H3. The Morgan fingerprint density at radius 2 is 2.05 bits per heavy atom. The lowest BCUT2D eigenvalue weighted by molar-refractivity contribution is 0.0896. The van der Waals surface area contributed by atoms with Crippen LogP contribution in [0.4, 0.5) is 0 Å². The van der Waals surface area contributed by atoms with Crippen LogP contribution in [0.5, 0.6) is 11.5 Å². The number of methoxy groups -OCH3 is 2. The quantitative estimate of drug-likeness (QED) is 0.863. The first-order valence-corrected chi connectivity index (χ1v) is 6.71. The molecule has 4 nitrogen and oxygen atoms in total. The Balaban J connectivity index is 2.33. The number of ether oxygens (including phenoxy) is 2. The molecule has 0 aromatic heterocycles. The Morgan fingerprint density at radius 3 is 2.63 bits per heavy atom. The minimum absolute atomic E-state index is 0.00599. The smallest absolute Gasteiger partial charge is 0.171 e. The number of ketones is 1. The molecule has 0 amide bonds. The lowest BCUT2D eigenvalue weighted by Gasteiger charge is -2.22. The molecule has 5 heteroatoms. The van der Waals surface area contributed by atoms with Crippen LogP contribution in [0.3, 0.4) is 0 Å². The van der Waals surface area contributed by atoms with Gasteiger partial charge in [-0.2, -0.15) is 0 Å². The maximum Gasteiger partial charge on any atom is 0.171 e. The molecule has 1 heterocycles. The number of carbonyl (C=O) groups excluding carboxylic acids is 1. The van der Waals surface area contributed by atoms with Crippen LogP contribution >= 0.6 is 11.6 Å². The maximum atomic E-state index is 12.5. The average Bonchev–Trinajstić information content (AvgIpc) is 2.47. The molecule has 0 aliphatic carbocycles. The van der Waals surface area contributed by atoms with E-state index in [1.807, 2.05) is 0 Å². The molecule has 1 aliphatic rings. The summed E-state index contributed by atoms with van der Waals surface area (Å²) in [4.78, 5) is 12.5. The van der Waals surface area contributed by atoms with Crippen molar-refractivity contribution >= 4 is 17.4 Å². The molecule has 0 bridgehead atoms. The fourth-order valence-electron chi connectivity index (χ4n) is 2.35. The molecule has 1 N–H and O–H groups in total. The highest BCUT2D eigenvalue weighted by Crippen LogP contribution is 2.34. The number of nitrogens with one attached hydrogen (secondary N) is 1. The van der Waals surface area contributed by atoms with Crippen LogP contribution in [0.2, 0.25) is 5.02 Å². The van der Waals surface area contributed by atoms with E-state index in [1.54, 1.807) is 12.1 Å². The first kappa shape index (κ1) is 14.2. The van der Waals surface area contributed by atoms with Gasteiger partial charge in [0.05, 0.1) is 24.8 Å². The van der Waals surface area contributed by atoms with E-state index in [-0.39, 0.29) is 11.7 Å². The Hall–Kier alpha value is -1.26. The van der Waals surface area contributed by atoms with Gasteiger partial charge in [-0.25, -0.2) is 0 Å². The summed E-state index contributed by atoms with van der Waals surface area (Å²) < 4.78 is 10.4. The lowest BCUT2D eigenvalue weighted by Crippen LogP contribution is -2.34. The molecule has 19 heavy (non-hydrogen) atoms. The van der Waals surface area contributed by atoms with Gasteiger partial charge in [0.2, 0.25) is 0 Å². The molecule has 1 fully saturated rings.